The molecule has 2 heteroatoms. The number of quaternary nitrogens is 1. The standard InChI is InChI=1S/C14H22NO/c1-5-7-13-8-6-9-14(12-13)16-11-10-15(2,3)4/h5-9,12H,10-11H2,1-4H3/q+1/b7-5+. The summed E-state index contributed by atoms with van der Waals surface area (Å²) in [5, 5.41) is 0. The zero-order valence-electron chi connectivity index (χ0n) is 10.7. The molecule has 88 valence electrons. The van der Waals surface area contributed by atoms with Crippen molar-refractivity contribution < 1.29 is 9.22 Å². The maximum absolute atomic E-state index is 5.72. The highest BCUT2D eigenvalue weighted by molar-refractivity contribution is 5.51. The van der Waals surface area contributed by atoms with E-state index >= 15 is 0 Å². The van der Waals surface area contributed by atoms with Gasteiger partial charge in [-0.15, -0.1) is 0 Å². The van der Waals surface area contributed by atoms with Gasteiger partial charge in [-0.1, -0.05) is 24.3 Å². The topological polar surface area (TPSA) is 9.23 Å². The molecule has 1 aromatic rings. The van der Waals surface area contributed by atoms with Crippen molar-refractivity contribution in [2.45, 2.75) is 6.92 Å². The van der Waals surface area contributed by atoms with Crippen LogP contribution < -0.4 is 4.74 Å². The average Bonchev–Trinajstić information content (AvgIpc) is 2.17. The van der Waals surface area contributed by atoms with Crippen molar-refractivity contribution in [2.75, 3.05) is 34.3 Å². The van der Waals surface area contributed by atoms with Crippen LogP contribution in [0.5, 0.6) is 5.75 Å². The Kier molecular flexibility index (Phi) is 4.56. The lowest BCUT2D eigenvalue weighted by Gasteiger charge is -2.23. The van der Waals surface area contributed by atoms with E-state index < -0.39 is 0 Å². The Morgan fingerprint density at radius 1 is 1.25 bits per heavy atom. The van der Waals surface area contributed by atoms with Gasteiger partial charge in [-0.3, -0.25) is 0 Å². The molecule has 0 fully saturated rings. The van der Waals surface area contributed by atoms with Crippen molar-refractivity contribution in [1.82, 2.24) is 0 Å². The molecule has 0 aliphatic heterocycles. The highest BCUT2D eigenvalue weighted by Gasteiger charge is 2.06. The Bertz CT molecular complexity index is 350. The molecule has 0 aromatic heterocycles. The zero-order chi connectivity index (χ0) is 12.0. The summed E-state index contributed by atoms with van der Waals surface area (Å²) in [5.74, 6) is 0.948. The molecule has 0 amide bonds. The number of allylic oxidation sites excluding steroid dienone is 1. The van der Waals surface area contributed by atoms with Crippen LogP contribution >= 0.6 is 0 Å². The largest absolute Gasteiger partial charge is 0.488 e. The normalized spacial score (nSPS) is 12.0. The van der Waals surface area contributed by atoms with E-state index in [0.717, 1.165) is 23.4 Å². The Balaban J connectivity index is 2.51. The molecule has 1 rings (SSSR count). The van der Waals surface area contributed by atoms with Gasteiger partial charge in [-0.25, -0.2) is 0 Å². The number of hydrogen-bond acceptors (Lipinski definition) is 1. The zero-order valence-corrected chi connectivity index (χ0v) is 10.7. The first-order valence-electron chi connectivity index (χ1n) is 5.67. The second-order valence-corrected chi connectivity index (χ2v) is 4.93. The van der Waals surface area contributed by atoms with E-state index in [1.807, 2.05) is 25.1 Å². The van der Waals surface area contributed by atoms with E-state index in [2.05, 4.69) is 39.4 Å². The summed E-state index contributed by atoms with van der Waals surface area (Å²) in [4.78, 5) is 0. The van der Waals surface area contributed by atoms with E-state index in [4.69, 9.17) is 4.74 Å². The fourth-order valence-corrected chi connectivity index (χ4v) is 1.34. The van der Waals surface area contributed by atoms with E-state index in [-0.39, 0.29) is 0 Å². The van der Waals surface area contributed by atoms with Crippen LogP contribution in [-0.2, 0) is 0 Å². The average molecular weight is 220 g/mol. The Morgan fingerprint density at radius 3 is 2.62 bits per heavy atom. The predicted octanol–water partition coefficient (Wildman–Crippen LogP) is 2.80. The molecule has 0 saturated heterocycles. The van der Waals surface area contributed by atoms with Crippen molar-refractivity contribution in [3.8, 4) is 5.75 Å². The number of rotatable bonds is 5. The van der Waals surface area contributed by atoms with E-state index in [0.29, 0.717) is 0 Å². The van der Waals surface area contributed by atoms with Gasteiger partial charge in [0.2, 0.25) is 0 Å². The van der Waals surface area contributed by atoms with Gasteiger partial charge in [0.1, 0.15) is 18.9 Å². The molecule has 0 N–H and O–H groups in total. The monoisotopic (exact) mass is 220 g/mol. The van der Waals surface area contributed by atoms with Gasteiger partial charge in [0.15, 0.2) is 0 Å². The predicted molar refractivity (Wildman–Crippen MR) is 69.5 cm³/mol. The first kappa shape index (κ1) is 12.8. The lowest BCUT2D eigenvalue weighted by atomic mass is 10.2. The van der Waals surface area contributed by atoms with E-state index in [9.17, 15) is 0 Å². The molecule has 0 saturated carbocycles. The third kappa shape index (κ3) is 4.99. The van der Waals surface area contributed by atoms with Gasteiger partial charge in [0.25, 0.3) is 0 Å². The lowest BCUT2D eigenvalue weighted by molar-refractivity contribution is -0.870. The molecule has 0 bridgehead atoms. The summed E-state index contributed by atoms with van der Waals surface area (Å²) >= 11 is 0. The van der Waals surface area contributed by atoms with Crippen LogP contribution in [0.15, 0.2) is 30.3 Å². The van der Waals surface area contributed by atoms with Crippen molar-refractivity contribution in [1.29, 1.82) is 0 Å². The van der Waals surface area contributed by atoms with E-state index in [1.165, 1.54) is 5.56 Å². The minimum absolute atomic E-state index is 0.753. The smallest absolute Gasteiger partial charge is 0.137 e. The number of benzene rings is 1. The number of ether oxygens (including phenoxy) is 1. The van der Waals surface area contributed by atoms with Crippen molar-refractivity contribution in [2.24, 2.45) is 0 Å². The minimum Gasteiger partial charge on any atom is -0.488 e. The van der Waals surface area contributed by atoms with Crippen molar-refractivity contribution >= 4 is 6.08 Å². The fraction of sp³-hybridized carbons (Fsp3) is 0.429. The van der Waals surface area contributed by atoms with Gasteiger partial charge >= 0.3 is 0 Å². The molecule has 1 aromatic carbocycles. The maximum atomic E-state index is 5.72. The van der Waals surface area contributed by atoms with Gasteiger partial charge in [0.05, 0.1) is 21.1 Å². The summed E-state index contributed by atoms with van der Waals surface area (Å²) in [5.41, 5.74) is 1.19. The van der Waals surface area contributed by atoms with Crippen LogP contribution in [0, 0.1) is 0 Å². The lowest BCUT2D eigenvalue weighted by Crippen LogP contribution is -2.38. The molecule has 0 heterocycles. The Hall–Kier alpha value is -1.28. The molecule has 0 unspecified atom stereocenters. The quantitative estimate of drug-likeness (QED) is 0.693. The molecule has 0 aliphatic rings. The van der Waals surface area contributed by atoms with Gasteiger partial charge in [0, 0.05) is 0 Å². The Labute approximate surface area is 98.7 Å². The molecule has 0 aliphatic carbocycles. The van der Waals surface area contributed by atoms with Crippen LogP contribution in [-0.4, -0.2) is 38.8 Å². The minimum atomic E-state index is 0.753. The molecule has 0 spiro atoms. The SMILES string of the molecule is C/C=C/c1cccc(OCC[N+](C)(C)C)c1. The molecule has 16 heavy (non-hydrogen) atoms. The number of nitrogens with zero attached hydrogens (tertiary/aromatic N) is 1. The molecular weight excluding hydrogens is 198 g/mol. The van der Waals surface area contributed by atoms with Gasteiger partial charge in [-0.05, 0) is 24.6 Å². The maximum Gasteiger partial charge on any atom is 0.137 e. The summed E-state index contributed by atoms with van der Waals surface area (Å²) in [6, 6.07) is 8.17. The highest BCUT2D eigenvalue weighted by atomic mass is 16.5. The summed E-state index contributed by atoms with van der Waals surface area (Å²) in [6.45, 7) is 3.78. The first-order chi connectivity index (χ1) is 7.51. The second kappa shape index (κ2) is 5.71. The molecule has 2 nitrogen and oxygen atoms in total. The highest BCUT2D eigenvalue weighted by Crippen LogP contribution is 2.14. The summed E-state index contributed by atoms with van der Waals surface area (Å²) < 4.78 is 6.64. The first-order valence-corrected chi connectivity index (χ1v) is 5.67. The second-order valence-electron chi connectivity index (χ2n) is 4.93. The number of hydrogen-bond donors (Lipinski definition) is 0. The van der Waals surface area contributed by atoms with Crippen LogP contribution in [0.3, 0.4) is 0 Å². The fourth-order valence-electron chi connectivity index (χ4n) is 1.34. The van der Waals surface area contributed by atoms with Crippen LogP contribution in [0.25, 0.3) is 6.08 Å². The molecule has 0 atom stereocenters. The van der Waals surface area contributed by atoms with Crippen molar-refractivity contribution in [3.63, 3.8) is 0 Å². The van der Waals surface area contributed by atoms with Crippen molar-refractivity contribution in [3.05, 3.63) is 35.9 Å². The molecular formula is C14H22NO+. The Morgan fingerprint density at radius 2 is 2.00 bits per heavy atom. The summed E-state index contributed by atoms with van der Waals surface area (Å²) in [6.07, 6.45) is 4.11. The van der Waals surface area contributed by atoms with Crippen LogP contribution in [0.4, 0.5) is 0 Å². The number of likely N-dealkylation sites (N-methyl/N-ethyl adjacent to an activating group) is 1. The third-order valence-corrected chi connectivity index (χ3v) is 2.25. The van der Waals surface area contributed by atoms with E-state index in [1.54, 1.807) is 0 Å². The molecule has 0 radical (unpaired) electrons. The van der Waals surface area contributed by atoms with Crippen LogP contribution in [0.2, 0.25) is 0 Å². The third-order valence-electron chi connectivity index (χ3n) is 2.25. The van der Waals surface area contributed by atoms with Gasteiger partial charge < -0.3 is 9.22 Å². The van der Waals surface area contributed by atoms with Gasteiger partial charge in [-0.2, -0.15) is 0 Å². The summed E-state index contributed by atoms with van der Waals surface area (Å²) in [7, 11) is 6.50. The van der Waals surface area contributed by atoms with Crippen LogP contribution in [0.1, 0.15) is 12.5 Å².